The zero-order valence-corrected chi connectivity index (χ0v) is 10.2. The molecule has 1 aromatic rings. The Balaban J connectivity index is 2.70. The van der Waals surface area contributed by atoms with Crippen LogP contribution >= 0.6 is 0 Å². The van der Waals surface area contributed by atoms with Crippen molar-refractivity contribution in [2.75, 3.05) is 6.26 Å². The summed E-state index contributed by atoms with van der Waals surface area (Å²) in [6.07, 6.45) is 3.40. The summed E-state index contributed by atoms with van der Waals surface area (Å²) in [4.78, 5) is 11.3. The number of carbonyl (C=O) groups excluding carboxylic acids is 1. The lowest BCUT2D eigenvalue weighted by Gasteiger charge is -2.07. The van der Waals surface area contributed by atoms with Crippen LogP contribution in [0.5, 0.6) is 0 Å². The minimum atomic E-state index is -3.28. The van der Waals surface area contributed by atoms with Gasteiger partial charge < -0.3 is 4.74 Å². The smallest absolute Gasteiger partial charge is 0.328 e. The van der Waals surface area contributed by atoms with Crippen LogP contribution in [0.15, 0.2) is 17.3 Å². The Kier molecular flexibility index (Phi) is 3.69. The molecule has 0 radical (unpaired) electrons. The Morgan fingerprint density at radius 1 is 1.56 bits per heavy atom. The number of aromatic nitrogens is 2. The number of hydrogen-bond donors (Lipinski definition) is 0. The molecule has 0 amide bonds. The molecule has 1 aromatic heterocycles. The molecule has 16 heavy (non-hydrogen) atoms. The summed E-state index contributed by atoms with van der Waals surface area (Å²) < 4.78 is 28.4. The zero-order valence-electron chi connectivity index (χ0n) is 9.37. The molecule has 0 atom stereocenters. The third-order valence-electron chi connectivity index (χ3n) is 1.70. The van der Waals surface area contributed by atoms with E-state index in [0.717, 1.165) is 6.26 Å². The molecule has 0 saturated heterocycles. The van der Waals surface area contributed by atoms with Crippen LogP contribution in [0.3, 0.4) is 0 Å². The molecule has 0 N–H and O–H groups in total. The summed E-state index contributed by atoms with van der Waals surface area (Å²) in [7, 11) is -3.28. The lowest BCUT2D eigenvalue weighted by Crippen LogP contribution is -2.17. The molecule has 0 aliphatic heterocycles. The highest BCUT2D eigenvalue weighted by atomic mass is 32.2. The minimum Gasteiger partial charge on any atom is -0.462 e. The molecule has 0 spiro atoms. The molecule has 0 saturated carbocycles. The van der Waals surface area contributed by atoms with Crippen molar-refractivity contribution >= 4 is 15.8 Å². The van der Waals surface area contributed by atoms with Gasteiger partial charge in [-0.2, -0.15) is 5.10 Å². The molecule has 0 aromatic carbocycles. The zero-order chi connectivity index (χ0) is 12.3. The molecule has 7 heteroatoms. The second-order valence-corrected chi connectivity index (χ2v) is 5.70. The quantitative estimate of drug-likeness (QED) is 0.711. The molecule has 6 nitrogen and oxygen atoms in total. The maximum absolute atomic E-state index is 11.2. The van der Waals surface area contributed by atoms with Crippen LogP contribution in [0.4, 0.5) is 0 Å². The SMILES string of the molecule is CC(C)OC(=O)Cn1cc(S(C)(=O)=O)cn1. The maximum Gasteiger partial charge on any atom is 0.328 e. The van der Waals surface area contributed by atoms with E-state index in [1.165, 1.54) is 17.1 Å². The average Bonchev–Trinajstić information content (AvgIpc) is 2.49. The van der Waals surface area contributed by atoms with E-state index in [2.05, 4.69) is 5.10 Å². The van der Waals surface area contributed by atoms with Crippen molar-refractivity contribution in [3.05, 3.63) is 12.4 Å². The summed E-state index contributed by atoms with van der Waals surface area (Å²) >= 11 is 0. The van der Waals surface area contributed by atoms with Gasteiger partial charge in [0, 0.05) is 12.5 Å². The molecule has 1 heterocycles. The van der Waals surface area contributed by atoms with E-state index in [1.807, 2.05) is 0 Å². The van der Waals surface area contributed by atoms with Gasteiger partial charge in [0.1, 0.15) is 11.4 Å². The van der Waals surface area contributed by atoms with Crippen LogP contribution in [0.1, 0.15) is 13.8 Å². The van der Waals surface area contributed by atoms with E-state index < -0.39 is 15.8 Å². The van der Waals surface area contributed by atoms with Gasteiger partial charge in [0.15, 0.2) is 9.84 Å². The summed E-state index contributed by atoms with van der Waals surface area (Å²) in [5.74, 6) is -0.446. The fourth-order valence-electron chi connectivity index (χ4n) is 1.05. The van der Waals surface area contributed by atoms with Crippen LogP contribution in [0.25, 0.3) is 0 Å². The average molecular weight is 246 g/mol. The Hall–Kier alpha value is -1.37. The predicted octanol–water partition coefficient (Wildman–Crippen LogP) is 0.238. The predicted molar refractivity (Wildman–Crippen MR) is 56.6 cm³/mol. The molecule has 0 aliphatic carbocycles. The van der Waals surface area contributed by atoms with Crippen molar-refractivity contribution in [2.45, 2.75) is 31.4 Å². The van der Waals surface area contributed by atoms with Gasteiger partial charge in [-0.25, -0.2) is 8.42 Å². The molecule has 0 unspecified atom stereocenters. The van der Waals surface area contributed by atoms with Gasteiger partial charge in [0.2, 0.25) is 0 Å². The second-order valence-electron chi connectivity index (χ2n) is 3.68. The number of sulfone groups is 1. The first-order valence-electron chi connectivity index (χ1n) is 4.71. The maximum atomic E-state index is 11.2. The van der Waals surface area contributed by atoms with Crippen LogP contribution in [-0.4, -0.2) is 36.5 Å². The Morgan fingerprint density at radius 2 is 2.19 bits per heavy atom. The first-order valence-corrected chi connectivity index (χ1v) is 6.60. The molecule has 0 bridgehead atoms. The van der Waals surface area contributed by atoms with Gasteiger partial charge in [0.25, 0.3) is 0 Å². The standard InChI is InChI=1S/C9H14N2O4S/c1-7(2)15-9(12)6-11-5-8(4-10-11)16(3,13)14/h4-5,7H,6H2,1-3H3. The fourth-order valence-corrected chi connectivity index (χ4v) is 1.61. The minimum absolute atomic E-state index is 0.0878. The first-order chi connectivity index (χ1) is 7.29. The number of rotatable bonds is 4. The lowest BCUT2D eigenvalue weighted by atomic mass is 10.5. The number of hydrogen-bond acceptors (Lipinski definition) is 5. The summed E-state index contributed by atoms with van der Waals surface area (Å²) in [6.45, 7) is 3.39. The van der Waals surface area contributed by atoms with E-state index >= 15 is 0 Å². The summed E-state index contributed by atoms with van der Waals surface area (Å²) in [6, 6.07) is 0. The molecule has 90 valence electrons. The van der Waals surface area contributed by atoms with Crippen LogP contribution < -0.4 is 0 Å². The van der Waals surface area contributed by atoms with Gasteiger partial charge in [-0.1, -0.05) is 0 Å². The third kappa shape index (κ3) is 3.65. The Morgan fingerprint density at radius 3 is 2.62 bits per heavy atom. The highest BCUT2D eigenvalue weighted by Crippen LogP contribution is 2.06. The van der Waals surface area contributed by atoms with Crippen LogP contribution in [-0.2, 0) is 25.9 Å². The van der Waals surface area contributed by atoms with E-state index in [1.54, 1.807) is 13.8 Å². The van der Waals surface area contributed by atoms with Crippen molar-refractivity contribution in [3.8, 4) is 0 Å². The number of carbonyl (C=O) groups is 1. The van der Waals surface area contributed by atoms with E-state index in [0.29, 0.717) is 0 Å². The molecular formula is C9H14N2O4S. The first kappa shape index (κ1) is 12.7. The third-order valence-corrected chi connectivity index (χ3v) is 2.76. The van der Waals surface area contributed by atoms with Crippen LogP contribution in [0.2, 0.25) is 0 Å². The monoisotopic (exact) mass is 246 g/mol. The van der Waals surface area contributed by atoms with Crippen molar-refractivity contribution < 1.29 is 17.9 Å². The highest BCUT2D eigenvalue weighted by Gasteiger charge is 2.12. The Labute approximate surface area is 94.1 Å². The highest BCUT2D eigenvalue weighted by molar-refractivity contribution is 7.90. The summed E-state index contributed by atoms with van der Waals surface area (Å²) in [5, 5.41) is 3.77. The van der Waals surface area contributed by atoms with Crippen molar-refractivity contribution in [1.82, 2.24) is 9.78 Å². The normalized spacial score (nSPS) is 11.8. The number of ether oxygens (including phenoxy) is 1. The van der Waals surface area contributed by atoms with Crippen LogP contribution in [0, 0.1) is 0 Å². The molecule has 0 fully saturated rings. The number of nitrogens with zero attached hydrogens (tertiary/aromatic N) is 2. The van der Waals surface area contributed by atoms with Crippen molar-refractivity contribution in [3.63, 3.8) is 0 Å². The largest absolute Gasteiger partial charge is 0.462 e. The molecule has 1 rings (SSSR count). The van der Waals surface area contributed by atoms with Gasteiger partial charge in [-0.15, -0.1) is 0 Å². The topological polar surface area (TPSA) is 78.3 Å². The van der Waals surface area contributed by atoms with E-state index in [9.17, 15) is 13.2 Å². The van der Waals surface area contributed by atoms with Crippen molar-refractivity contribution in [1.29, 1.82) is 0 Å². The van der Waals surface area contributed by atoms with Crippen molar-refractivity contribution in [2.24, 2.45) is 0 Å². The van der Waals surface area contributed by atoms with Gasteiger partial charge in [0.05, 0.1) is 12.3 Å². The van der Waals surface area contributed by atoms with E-state index in [4.69, 9.17) is 4.74 Å². The Bertz CT molecular complexity index is 475. The van der Waals surface area contributed by atoms with Gasteiger partial charge >= 0.3 is 5.97 Å². The van der Waals surface area contributed by atoms with Gasteiger partial charge in [-0.3, -0.25) is 9.48 Å². The lowest BCUT2D eigenvalue weighted by molar-refractivity contribution is -0.148. The second kappa shape index (κ2) is 4.65. The van der Waals surface area contributed by atoms with Gasteiger partial charge in [-0.05, 0) is 13.8 Å². The number of esters is 1. The van der Waals surface area contributed by atoms with E-state index in [-0.39, 0.29) is 17.5 Å². The summed E-state index contributed by atoms with van der Waals surface area (Å²) in [5.41, 5.74) is 0. The fraction of sp³-hybridized carbons (Fsp3) is 0.556. The molecular weight excluding hydrogens is 232 g/mol. The molecule has 0 aliphatic rings.